The normalized spacial score (nSPS) is 11.5. The summed E-state index contributed by atoms with van der Waals surface area (Å²) in [5.41, 5.74) is 0.823. The molecule has 0 radical (unpaired) electrons. The third kappa shape index (κ3) is 5.06. The highest BCUT2D eigenvalue weighted by Gasteiger charge is 2.15. The van der Waals surface area contributed by atoms with Gasteiger partial charge in [0.15, 0.2) is 11.6 Å². The second kappa shape index (κ2) is 6.74. The number of hydrogen-bond acceptors (Lipinski definition) is 3. The van der Waals surface area contributed by atoms with E-state index < -0.39 is 21.7 Å². The average molecular weight is 291 g/mol. The van der Waals surface area contributed by atoms with E-state index in [1.165, 1.54) is 0 Å². The minimum absolute atomic E-state index is 0.0363. The average Bonchev–Trinajstić information content (AvgIpc) is 2.31. The van der Waals surface area contributed by atoms with Crippen molar-refractivity contribution in [1.82, 2.24) is 4.72 Å². The van der Waals surface area contributed by atoms with Gasteiger partial charge in [0.25, 0.3) is 0 Å². The van der Waals surface area contributed by atoms with Crippen molar-refractivity contribution in [2.45, 2.75) is 11.8 Å². The maximum Gasteiger partial charge on any atom is 0.240 e. The first-order valence-corrected chi connectivity index (χ1v) is 6.98. The van der Waals surface area contributed by atoms with Gasteiger partial charge in [-0.3, -0.25) is 0 Å². The summed E-state index contributed by atoms with van der Waals surface area (Å²) in [4.78, 5) is -0.327. The zero-order valence-corrected chi connectivity index (χ0v) is 11.3. The van der Waals surface area contributed by atoms with Crippen LogP contribution in [0.4, 0.5) is 8.78 Å². The van der Waals surface area contributed by atoms with Crippen LogP contribution in [0.5, 0.6) is 0 Å². The van der Waals surface area contributed by atoms with Crippen LogP contribution < -0.4 is 4.72 Å². The van der Waals surface area contributed by atoms with Gasteiger partial charge in [-0.1, -0.05) is 12.2 Å². The Labute approximate surface area is 111 Å². The molecular weight excluding hydrogens is 276 g/mol. The van der Waals surface area contributed by atoms with E-state index in [1.54, 1.807) is 6.92 Å². The molecule has 1 aromatic rings. The van der Waals surface area contributed by atoms with Crippen molar-refractivity contribution in [1.29, 1.82) is 0 Å². The lowest BCUT2D eigenvalue weighted by Crippen LogP contribution is -2.27. The van der Waals surface area contributed by atoms with Crippen LogP contribution in [-0.2, 0) is 14.8 Å². The number of nitrogens with one attached hydrogen (secondary N) is 1. The molecule has 4 nitrogen and oxygen atoms in total. The van der Waals surface area contributed by atoms with Crippen LogP contribution in [0.1, 0.15) is 6.92 Å². The Balaban J connectivity index is 2.56. The number of ether oxygens (including phenoxy) is 1. The second-order valence-electron chi connectivity index (χ2n) is 3.98. The summed E-state index contributed by atoms with van der Waals surface area (Å²) >= 11 is 0. The lowest BCUT2D eigenvalue weighted by atomic mass is 10.3. The third-order valence-electron chi connectivity index (χ3n) is 2.09. The van der Waals surface area contributed by atoms with Crippen LogP contribution in [0, 0.1) is 11.6 Å². The molecule has 0 atom stereocenters. The van der Waals surface area contributed by atoms with Gasteiger partial charge in [-0.2, -0.15) is 0 Å². The van der Waals surface area contributed by atoms with Crippen molar-refractivity contribution in [2.24, 2.45) is 0 Å². The number of hydrogen-bond donors (Lipinski definition) is 1. The molecule has 0 aliphatic carbocycles. The van der Waals surface area contributed by atoms with Gasteiger partial charge in [0.2, 0.25) is 10.0 Å². The summed E-state index contributed by atoms with van der Waals surface area (Å²) < 4.78 is 56.4. The fourth-order valence-corrected chi connectivity index (χ4v) is 2.25. The molecule has 0 aromatic heterocycles. The van der Waals surface area contributed by atoms with Gasteiger partial charge in [0, 0.05) is 6.54 Å². The van der Waals surface area contributed by atoms with Crippen molar-refractivity contribution in [3.8, 4) is 0 Å². The van der Waals surface area contributed by atoms with Crippen molar-refractivity contribution >= 4 is 10.0 Å². The second-order valence-corrected chi connectivity index (χ2v) is 5.75. The zero-order valence-electron chi connectivity index (χ0n) is 10.4. The lowest BCUT2D eigenvalue weighted by molar-refractivity contribution is 0.162. The first-order valence-electron chi connectivity index (χ1n) is 5.50. The topological polar surface area (TPSA) is 55.4 Å². The summed E-state index contributed by atoms with van der Waals surface area (Å²) in [7, 11) is -3.86. The molecule has 0 heterocycles. The molecule has 106 valence electrons. The molecule has 0 unspecified atom stereocenters. The van der Waals surface area contributed by atoms with Gasteiger partial charge in [0.05, 0.1) is 18.1 Å². The van der Waals surface area contributed by atoms with Crippen LogP contribution in [0.25, 0.3) is 0 Å². The van der Waals surface area contributed by atoms with Crippen LogP contribution >= 0.6 is 0 Å². The summed E-state index contributed by atoms with van der Waals surface area (Å²) in [6, 6.07) is 2.39. The van der Waals surface area contributed by atoms with Crippen LogP contribution in [0.15, 0.2) is 35.2 Å². The van der Waals surface area contributed by atoms with Gasteiger partial charge in [-0.15, -0.1) is 0 Å². The van der Waals surface area contributed by atoms with Crippen molar-refractivity contribution < 1.29 is 21.9 Å². The molecule has 0 aliphatic rings. The number of rotatable bonds is 7. The Kier molecular flexibility index (Phi) is 5.59. The molecule has 0 fully saturated rings. The summed E-state index contributed by atoms with van der Waals surface area (Å²) in [5, 5.41) is 0. The number of sulfonamides is 1. The minimum atomic E-state index is -3.86. The lowest BCUT2D eigenvalue weighted by Gasteiger charge is -2.07. The first kappa shape index (κ1) is 15.7. The van der Waals surface area contributed by atoms with Gasteiger partial charge in [-0.25, -0.2) is 21.9 Å². The van der Waals surface area contributed by atoms with Crippen molar-refractivity contribution in [2.75, 3.05) is 19.8 Å². The van der Waals surface area contributed by atoms with E-state index >= 15 is 0 Å². The molecule has 0 saturated heterocycles. The number of halogens is 2. The van der Waals surface area contributed by atoms with Crippen LogP contribution in [0.2, 0.25) is 0 Å². The third-order valence-corrected chi connectivity index (χ3v) is 3.55. The first-order chi connectivity index (χ1) is 8.83. The van der Waals surface area contributed by atoms with Gasteiger partial charge >= 0.3 is 0 Å². The molecular formula is C12H15F2NO3S. The van der Waals surface area contributed by atoms with E-state index in [4.69, 9.17) is 4.74 Å². The highest BCUT2D eigenvalue weighted by molar-refractivity contribution is 7.89. The highest BCUT2D eigenvalue weighted by atomic mass is 32.2. The molecule has 0 saturated carbocycles. The van der Waals surface area contributed by atoms with Gasteiger partial charge in [-0.05, 0) is 25.1 Å². The van der Waals surface area contributed by atoms with Crippen molar-refractivity contribution in [3.63, 3.8) is 0 Å². The molecule has 1 N–H and O–H groups in total. The Bertz CT molecular complexity index is 558. The highest BCUT2D eigenvalue weighted by Crippen LogP contribution is 2.13. The molecule has 0 amide bonds. The van der Waals surface area contributed by atoms with Crippen molar-refractivity contribution in [3.05, 3.63) is 42.0 Å². The van der Waals surface area contributed by atoms with Crippen LogP contribution in [0.3, 0.4) is 0 Å². The fraction of sp³-hybridized carbons (Fsp3) is 0.333. The van der Waals surface area contributed by atoms with E-state index in [0.717, 1.165) is 17.7 Å². The van der Waals surface area contributed by atoms with Gasteiger partial charge in [0.1, 0.15) is 0 Å². The smallest absolute Gasteiger partial charge is 0.240 e. The summed E-state index contributed by atoms with van der Waals surface area (Å²) in [5.74, 6) is -2.30. The largest absolute Gasteiger partial charge is 0.376 e. The Hall–Kier alpha value is -1.31. The summed E-state index contributed by atoms with van der Waals surface area (Å²) in [6.07, 6.45) is 0. The standard InChI is InChI=1S/C12H15F2NO3S/c1-9(2)8-18-6-5-15-19(16,17)10-3-4-11(13)12(14)7-10/h3-4,7,15H,1,5-6,8H2,2H3. The Morgan fingerprint density at radius 2 is 2.05 bits per heavy atom. The molecule has 0 spiro atoms. The monoisotopic (exact) mass is 291 g/mol. The SMILES string of the molecule is C=C(C)COCCNS(=O)(=O)c1ccc(F)c(F)c1. The molecule has 1 aromatic carbocycles. The number of benzene rings is 1. The predicted octanol–water partition coefficient (Wildman–Crippen LogP) is 1.84. The maximum atomic E-state index is 12.9. The predicted molar refractivity (Wildman–Crippen MR) is 67.2 cm³/mol. The minimum Gasteiger partial charge on any atom is -0.376 e. The Morgan fingerprint density at radius 3 is 2.63 bits per heavy atom. The fourth-order valence-electron chi connectivity index (χ4n) is 1.22. The van der Waals surface area contributed by atoms with E-state index in [9.17, 15) is 17.2 Å². The van der Waals surface area contributed by atoms with E-state index in [1.807, 2.05) is 0 Å². The summed E-state index contributed by atoms with van der Waals surface area (Å²) in [6.45, 7) is 5.95. The van der Waals surface area contributed by atoms with E-state index in [2.05, 4.69) is 11.3 Å². The van der Waals surface area contributed by atoms with E-state index in [0.29, 0.717) is 12.7 Å². The molecule has 19 heavy (non-hydrogen) atoms. The molecule has 1 rings (SSSR count). The Morgan fingerprint density at radius 1 is 1.37 bits per heavy atom. The quantitative estimate of drug-likeness (QED) is 0.616. The molecule has 0 aliphatic heterocycles. The van der Waals surface area contributed by atoms with Crippen LogP contribution in [-0.4, -0.2) is 28.2 Å². The van der Waals surface area contributed by atoms with E-state index in [-0.39, 0.29) is 18.0 Å². The van der Waals surface area contributed by atoms with Gasteiger partial charge < -0.3 is 4.74 Å². The molecule has 7 heteroatoms. The zero-order chi connectivity index (χ0) is 14.5. The maximum absolute atomic E-state index is 12.9. The molecule has 0 bridgehead atoms.